The highest BCUT2D eigenvalue weighted by Crippen LogP contribution is 2.37. The van der Waals surface area contributed by atoms with Gasteiger partial charge in [-0.25, -0.2) is 4.98 Å². The van der Waals surface area contributed by atoms with E-state index >= 15 is 0 Å². The van der Waals surface area contributed by atoms with Crippen molar-refractivity contribution in [2.24, 2.45) is 17.3 Å². The fraction of sp³-hybridized carbons (Fsp3) is 0.0417. The summed E-state index contributed by atoms with van der Waals surface area (Å²) in [6.45, 7) is 0. The van der Waals surface area contributed by atoms with E-state index in [9.17, 15) is 0 Å². The number of nitrogens with zero attached hydrogens (tertiary/aromatic N) is 4. The highest BCUT2D eigenvalue weighted by Gasteiger charge is 2.10. The number of nitrogens with one attached hydrogen (secondary N) is 1. The first-order valence-electron chi connectivity index (χ1n) is 9.56. The topological polar surface area (TPSA) is 54.6 Å². The van der Waals surface area contributed by atoms with Crippen LogP contribution in [0.1, 0.15) is 0 Å². The molecule has 5 aromatic rings. The Hall–Kier alpha value is -3.51. The molecule has 1 heterocycles. The molecule has 0 unspecified atom stereocenters. The number of halogens is 1. The normalized spacial score (nSPS) is 11.5. The van der Waals surface area contributed by atoms with E-state index in [2.05, 4.69) is 54.7 Å². The molecule has 0 saturated carbocycles. The van der Waals surface area contributed by atoms with Crippen LogP contribution in [0, 0.1) is 0 Å². The third kappa shape index (κ3) is 3.46. The SMILES string of the molecule is Cn1c(N=Nc2c(Nc3ccccc3)ccc3ccccc23)nc2ccc(Br)cc21. The molecule has 0 bridgehead atoms. The van der Waals surface area contributed by atoms with Crippen LogP contribution in [0.4, 0.5) is 23.0 Å². The Morgan fingerprint density at radius 1 is 0.867 bits per heavy atom. The monoisotopic (exact) mass is 455 g/mol. The third-order valence-corrected chi connectivity index (χ3v) is 5.51. The summed E-state index contributed by atoms with van der Waals surface area (Å²) in [7, 11) is 1.95. The smallest absolute Gasteiger partial charge is 0.250 e. The number of hydrogen-bond acceptors (Lipinski definition) is 4. The number of imidazole rings is 1. The van der Waals surface area contributed by atoms with Crippen LogP contribution in [-0.2, 0) is 7.05 Å². The van der Waals surface area contributed by atoms with Crippen molar-refractivity contribution in [3.63, 3.8) is 0 Å². The molecular formula is C24H18BrN5. The van der Waals surface area contributed by atoms with Crippen LogP contribution in [0.5, 0.6) is 0 Å². The number of azo groups is 1. The van der Waals surface area contributed by atoms with Crippen LogP contribution in [0.15, 0.2) is 99.6 Å². The molecule has 0 aliphatic rings. The lowest BCUT2D eigenvalue weighted by Crippen LogP contribution is -1.91. The number of fused-ring (bicyclic) bond motifs is 2. The van der Waals surface area contributed by atoms with Crippen molar-refractivity contribution in [2.45, 2.75) is 0 Å². The van der Waals surface area contributed by atoms with E-state index in [0.717, 1.165) is 43.3 Å². The molecule has 146 valence electrons. The van der Waals surface area contributed by atoms with Gasteiger partial charge in [-0.05, 0) is 41.8 Å². The maximum absolute atomic E-state index is 4.65. The van der Waals surface area contributed by atoms with Gasteiger partial charge in [-0.1, -0.05) is 64.5 Å². The molecule has 0 spiro atoms. The van der Waals surface area contributed by atoms with E-state index in [1.165, 1.54) is 0 Å². The number of hydrogen-bond donors (Lipinski definition) is 1. The Kier molecular flexibility index (Phi) is 4.77. The Labute approximate surface area is 182 Å². The number of benzene rings is 4. The van der Waals surface area contributed by atoms with Gasteiger partial charge in [-0.2, -0.15) is 0 Å². The van der Waals surface area contributed by atoms with Gasteiger partial charge in [0.25, 0.3) is 0 Å². The van der Waals surface area contributed by atoms with Crippen molar-refractivity contribution >= 4 is 60.7 Å². The molecular weight excluding hydrogens is 438 g/mol. The molecule has 0 fully saturated rings. The fourth-order valence-electron chi connectivity index (χ4n) is 3.48. The molecule has 0 amide bonds. The average molecular weight is 456 g/mol. The summed E-state index contributed by atoms with van der Waals surface area (Å²) in [6.07, 6.45) is 0. The molecule has 30 heavy (non-hydrogen) atoms. The summed E-state index contributed by atoms with van der Waals surface area (Å²) in [4.78, 5) is 4.62. The number of rotatable bonds is 4. The molecule has 0 atom stereocenters. The Morgan fingerprint density at radius 3 is 2.53 bits per heavy atom. The molecule has 5 nitrogen and oxygen atoms in total. The summed E-state index contributed by atoms with van der Waals surface area (Å²) in [6, 6.07) is 28.3. The molecule has 0 aliphatic heterocycles. The summed E-state index contributed by atoms with van der Waals surface area (Å²) >= 11 is 3.52. The Balaban J connectivity index is 1.62. The number of anilines is 2. The minimum Gasteiger partial charge on any atom is -0.354 e. The van der Waals surface area contributed by atoms with Crippen LogP contribution < -0.4 is 5.32 Å². The largest absolute Gasteiger partial charge is 0.354 e. The fourth-order valence-corrected chi connectivity index (χ4v) is 3.82. The Bertz CT molecular complexity index is 1390. The second-order valence-electron chi connectivity index (χ2n) is 6.98. The highest BCUT2D eigenvalue weighted by molar-refractivity contribution is 9.10. The molecule has 6 heteroatoms. The average Bonchev–Trinajstić information content (AvgIpc) is 3.08. The lowest BCUT2D eigenvalue weighted by molar-refractivity contribution is 0.921. The minimum atomic E-state index is 0.557. The van der Waals surface area contributed by atoms with Gasteiger partial charge < -0.3 is 9.88 Å². The van der Waals surface area contributed by atoms with Gasteiger partial charge in [0.1, 0.15) is 5.69 Å². The number of aryl methyl sites for hydroxylation is 1. The van der Waals surface area contributed by atoms with Crippen molar-refractivity contribution in [1.29, 1.82) is 0 Å². The first-order valence-corrected chi connectivity index (χ1v) is 10.4. The molecule has 0 saturated heterocycles. The molecule has 1 N–H and O–H groups in total. The second-order valence-corrected chi connectivity index (χ2v) is 7.89. The van der Waals surface area contributed by atoms with E-state index in [-0.39, 0.29) is 0 Å². The quantitative estimate of drug-likeness (QED) is 0.283. The van der Waals surface area contributed by atoms with Crippen LogP contribution in [0.3, 0.4) is 0 Å². The lowest BCUT2D eigenvalue weighted by atomic mass is 10.1. The van der Waals surface area contributed by atoms with E-state index in [1.54, 1.807) is 0 Å². The minimum absolute atomic E-state index is 0.557. The summed E-state index contributed by atoms with van der Waals surface area (Å²) < 4.78 is 2.95. The van der Waals surface area contributed by atoms with E-state index < -0.39 is 0 Å². The lowest BCUT2D eigenvalue weighted by Gasteiger charge is -2.11. The van der Waals surface area contributed by atoms with Gasteiger partial charge in [0.05, 0.1) is 16.7 Å². The zero-order valence-electron chi connectivity index (χ0n) is 16.2. The predicted molar refractivity (Wildman–Crippen MR) is 126 cm³/mol. The third-order valence-electron chi connectivity index (χ3n) is 5.01. The highest BCUT2D eigenvalue weighted by atomic mass is 79.9. The van der Waals surface area contributed by atoms with Crippen LogP contribution in [-0.4, -0.2) is 9.55 Å². The van der Waals surface area contributed by atoms with Crippen molar-refractivity contribution in [2.75, 3.05) is 5.32 Å². The van der Waals surface area contributed by atoms with Crippen molar-refractivity contribution in [3.8, 4) is 0 Å². The summed E-state index contributed by atoms with van der Waals surface area (Å²) in [5.41, 5.74) is 4.56. The van der Waals surface area contributed by atoms with Crippen molar-refractivity contribution in [1.82, 2.24) is 9.55 Å². The Morgan fingerprint density at radius 2 is 1.67 bits per heavy atom. The van der Waals surface area contributed by atoms with E-state index in [0.29, 0.717) is 5.95 Å². The van der Waals surface area contributed by atoms with Crippen molar-refractivity contribution in [3.05, 3.63) is 89.4 Å². The van der Waals surface area contributed by atoms with Gasteiger partial charge in [0.2, 0.25) is 5.95 Å². The zero-order valence-corrected chi connectivity index (χ0v) is 17.8. The first kappa shape index (κ1) is 18.5. The molecule has 0 aliphatic carbocycles. The van der Waals surface area contributed by atoms with Gasteiger partial charge in [0.15, 0.2) is 0 Å². The van der Waals surface area contributed by atoms with Gasteiger partial charge in [0, 0.05) is 22.6 Å². The number of para-hydroxylation sites is 1. The standard InChI is InChI=1S/C24H18BrN5/c1-30-22-15-17(25)12-14-20(22)27-24(30)29-28-23-19-10-6-5-7-16(19)11-13-21(23)26-18-8-3-2-4-9-18/h2-15,26H,1H3. The molecule has 5 rings (SSSR count). The maximum Gasteiger partial charge on any atom is 0.250 e. The number of aromatic nitrogens is 2. The molecule has 1 aromatic heterocycles. The van der Waals surface area contributed by atoms with Crippen LogP contribution in [0.25, 0.3) is 21.8 Å². The molecule has 4 aromatic carbocycles. The maximum atomic E-state index is 4.65. The van der Waals surface area contributed by atoms with Crippen LogP contribution in [0.2, 0.25) is 0 Å². The first-order chi connectivity index (χ1) is 14.7. The van der Waals surface area contributed by atoms with Gasteiger partial charge >= 0.3 is 0 Å². The zero-order chi connectivity index (χ0) is 20.5. The second kappa shape index (κ2) is 7.72. The van der Waals surface area contributed by atoms with Gasteiger partial charge in [-0.3, -0.25) is 0 Å². The summed E-state index contributed by atoms with van der Waals surface area (Å²) in [5.74, 6) is 0.557. The van der Waals surface area contributed by atoms with Gasteiger partial charge in [-0.15, -0.1) is 10.2 Å². The predicted octanol–water partition coefficient (Wildman–Crippen LogP) is 7.65. The van der Waals surface area contributed by atoms with E-state index in [1.807, 2.05) is 78.3 Å². The van der Waals surface area contributed by atoms with E-state index in [4.69, 9.17) is 0 Å². The van der Waals surface area contributed by atoms with Crippen molar-refractivity contribution < 1.29 is 0 Å². The molecule has 0 radical (unpaired) electrons. The van der Waals surface area contributed by atoms with Crippen LogP contribution >= 0.6 is 15.9 Å². The summed E-state index contributed by atoms with van der Waals surface area (Å²) in [5, 5.41) is 14.8.